The molecule has 9 heteroatoms. The van der Waals surface area contributed by atoms with Crippen molar-refractivity contribution in [1.29, 1.82) is 0 Å². The highest BCUT2D eigenvalue weighted by molar-refractivity contribution is 14.0. The topological polar surface area (TPSA) is 83.5 Å². The van der Waals surface area contributed by atoms with Crippen LogP contribution in [0.15, 0.2) is 34.2 Å². The minimum atomic E-state index is -3.14. The largest absolute Gasteiger partial charge is 0.356 e. The SMILES string of the molecule is CN=C(NCCc1ccc(S(C)(=O)=O)cc1)NCCc1sc(C)nc1C.I. The van der Waals surface area contributed by atoms with Gasteiger partial charge in [-0.1, -0.05) is 12.1 Å². The number of guanidine groups is 1. The van der Waals surface area contributed by atoms with Crippen molar-refractivity contribution in [2.45, 2.75) is 31.6 Å². The third-order valence-electron chi connectivity index (χ3n) is 3.93. The minimum absolute atomic E-state index is 0. The third kappa shape index (κ3) is 7.74. The molecule has 0 aliphatic heterocycles. The highest BCUT2D eigenvalue weighted by Crippen LogP contribution is 2.17. The van der Waals surface area contributed by atoms with Crippen LogP contribution in [0.25, 0.3) is 0 Å². The van der Waals surface area contributed by atoms with Crippen molar-refractivity contribution in [2.75, 3.05) is 26.4 Å². The molecule has 0 fully saturated rings. The van der Waals surface area contributed by atoms with E-state index in [-0.39, 0.29) is 24.0 Å². The first-order chi connectivity index (χ1) is 12.3. The summed E-state index contributed by atoms with van der Waals surface area (Å²) >= 11 is 1.74. The van der Waals surface area contributed by atoms with Crippen LogP contribution in [0.4, 0.5) is 0 Å². The van der Waals surface area contributed by atoms with Crippen LogP contribution in [0.2, 0.25) is 0 Å². The standard InChI is InChI=1S/C18H26N4O2S2.HI/c1-13-17(25-14(2)22-13)10-12-21-18(19-3)20-11-9-15-5-7-16(8-6-15)26(4,23)24;/h5-8H,9-12H2,1-4H3,(H2,19,20,21);1H. The summed E-state index contributed by atoms with van der Waals surface area (Å²) in [6.07, 6.45) is 2.93. The minimum Gasteiger partial charge on any atom is -0.356 e. The fourth-order valence-corrected chi connectivity index (χ4v) is 4.12. The number of aryl methyl sites for hydroxylation is 2. The predicted molar refractivity (Wildman–Crippen MR) is 123 cm³/mol. The number of aromatic nitrogens is 1. The number of nitrogens with one attached hydrogen (secondary N) is 2. The maximum Gasteiger partial charge on any atom is 0.190 e. The molecule has 1 aromatic heterocycles. The molecule has 0 aliphatic rings. The van der Waals surface area contributed by atoms with Crippen molar-refractivity contribution in [3.05, 3.63) is 45.4 Å². The molecule has 0 saturated heterocycles. The van der Waals surface area contributed by atoms with E-state index < -0.39 is 9.84 Å². The summed E-state index contributed by atoms with van der Waals surface area (Å²) in [5.41, 5.74) is 2.19. The van der Waals surface area contributed by atoms with Crippen LogP contribution in [-0.2, 0) is 22.7 Å². The Morgan fingerprint density at radius 1 is 1.11 bits per heavy atom. The lowest BCUT2D eigenvalue weighted by molar-refractivity contribution is 0.602. The van der Waals surface area contributed by atoms with Gasteiger partial charge in [0.15, 0.2) is 15.8 Å². The van der Waals surface area contributed by atoms with Gasteiger partial charge in [-0.15, -0.1) is 35.3 Å². The van der Waals surface area contributed by atoms with Crippen LogP contribution < -0.4 is 10.6 Å². The number of sulfone groups is 1. The predicted octanol–water partition coefficient (Wildman–Crippen LogP) is 2.73. The first-order valence-electron chi connectivity index (χ1n) is 8.46. The summed E-state index contributed by atoms with van der Waals surface area (Å²) in [6.45, 7) is 5.58. The number of halogens is 1. The Morgan fingerprint density at radius 2 is 1.70 bits per heavy atom. The molecule has 0 radical (unpaired) electrons. The molecular weight excluding hydrogens is 495 g/mol. The van der Waals surface area contributed by atoms with Crippen molar-refractivity contribution in [1.82, 2.24) is 15.6 Å². The number of benzene rings is 1. The van der Waals surface area contributed by atoms with Crippen LogP contribution in [-0.4, -0.2) is 45.8 Å². The fraction of sp³-hybridized carbons (Fsp3) is 0.444. The van der Waals surface area contributed by atoms with Gasteiger partial charge in [-0.2, -0.15) is 0 Å². The molecule has 6 nitrogen and oxygen atoms in total. The highest BCUT2D eigenvalue weighted by Gasteiger charge is 2.07. The van der Waals surface area contributed by atoms with E-state index in [2.05, 4.69) is 20.6 Å². The second kappa shape index (κ2) is 11.0. The summed E-state index contributed by atoms with van der Waals surface area (Å²) in [4.78, 5) is 10.3. The second-order valence-electron chi connectivity index (χ2n) is 6.08. The van der Waals surface area contributed by atoms with E-state index in [0.717, 1.165) is 48.2 Å². The molecule has 0 bridgehead atoms. The number of nitrogens with zero attached hydrogens (tertiary/aromatic N) is 2. The number of thiazole rings is 1. The monoisotopic (exact) mass is 522 g/mol. The molecule has 1 heterocycles. The van der Waals surface area contributed by atoms with Gasteiger partial charge in [0, 0.05) is 37.7 Å². The Balaban J connectivity index is 0.00000364. The zero-order chi connectivity index (χ0) is 19.2. The Bertz CT molecular complexity index is 862. The fourth-order valence-electron chi connectivity index (χ4n) is 2.55. The normalized spacial score (nSPS) is 11.8. The van der Waals surface area contributed by atoms with Crippen molar-refractivity contribution in [3.8, 4) is 0 Å². The number of rotatable bonds is 7. The summed E-state index contributed by atoms with van der Waals surface area (Å²) in [5, 5.41) is 7.68. The molecule has 0 spiro atoms. The molecule has 0 saturated carbocycles. The lowest BCUT2D eigenvalue weighted by Crippen LogP contribution is -2.39. The van der Waals surface area contributed by atoms with Crippen LogP contribution in [0.5, 0.6) is 0 Å². The zero-order valence-corrected chi connectivity index (χ0v) is 20.0. The second-order valence-corrected chi connectivity index (χ2v) is 9.39. The Hall–Kier alpha value is -1.20. The Kier molecular flexibility index (Phi) is 9.68. The van der Waals surface area contributed by atoms with Crippen LogP contribution in [0, 0.1) is 13.8 Å². The smallest absolute Gasteiger partial charge is 0.190 e. The van der Waals surface area contributed by atoms with Gasteiger partial charge in [0.25, 0.3) is 0 Å². The molecular formula is C18H27IN4O2S2. The maximum absolute atomic E-state index is 11.5. The van der Waals surface area contributed by atoms with Gasteiger partial charge >= 0.3 is 0 Å². The van der Waals surface area contributed by atoms with Crippen LogP contribution in [0.3, 0.4) is 0 Å². The van der Waals surface area contributed by atoms with E-state index in [4.69, 9.17) is 0 Å². The van der Waals surface area contributed by atoms with E-state index >= 15 is 0 Å². The van der Waals surface area contributed by atoms with Crippen LogP contribution >= 0.6 is 35.3 Å². The molecule has 2 N–H and O–H groups in total. The first kappa shape index (κ1) is 23.8. The third-order valence-corrected chi connectivity index (χ3v) is 6.19. The molecule has 2 aromatic rings. The van der Waals surface area contributed by atoms with Gasteiger partial charge in [-0.25, -0.2) is 13.4 Å². The number of hydrogen-bond acceptors (Lipinski definition) is 5. The van der Waals surface area contributed by atoms with Crippen molar-refractivity contribution in [2.24, 2.45) is 4.99 Å². The van der Waals surface area contributed by atoms with Gasteiger partial charge in [0.05, 0.1) is 15.6 Å². The van der Waals surface area contributed by atoms with E-state index in [9.17, 15) is 8.42 Å². The quantitative estimate of drug-likeness (QED) is 0.332. The summed E-state index contributed by atoms with van der Waals surface area (Å²) in [7, 11) is -1.39. The lowest BCUT2D eigenvalue weighted by atomic mass is 10.1. The highest BCUT2D eigenvalue weighted by atomic mass is 127. The van der Waals surface area contributed by atoms with Gasteiger partial charge < -0.3 is 10.6 Å². The molecule has 150 valence electrons. The van der Waals surface area contributed by atoms with E-state index in [1.807, 2.05) is 26.0 Å². The van der Waals surface area contributed by atoms with Crippen molar-refractivity contribution >= 4 is 51.1 Å². The van der Waals surface area contributed by atoms with Gasteiger partial charge in [-0.3, -0.25) is 4.99 Å². The molecule has 2 rings (SSSR count). The van der Waals surface area contributed by atoms with Crippen molar-refractivity contribution < 1.29 is 8.42 Å². The molecule has 0 amide bonds. The molecule has 27 heavy (non-hydrogen) atoms. The maximum atomic E-state index is 11.5. The summed E-state index contributed by atoms with van der Waals surface area (Å²) < 4.78 is 22.9. The molecule has 0 aliphatic carbocycles. The first-order valence-corrected chi connectivity index (χ1v) is 11.2. The molecule has 0 unspecified atom stereocenters. The lowest BCUT2D eigenvalue weighted by Gasteiger charge is -2.11. The van der Waals surface area contributed by atoms with Gasteiger partial charge in [-0.05, 0) is 38.0 Å². The summed E-state index contributed by atoms with van der Waals surface area (Å²) in [6, 6.07) is 7.00. The summed E-state index contributed by atoms with van der Waals surface area (Å²) in [5.74, 6) is 0.761. The van der Waals surface area contributed by atoms with E-state index in [1.54, 1.807) is 30.5 Å². The number of hydrogen-bond donors (Lipinski definition) is 2. The van der Waals surface area contributed by atoms with Gasteiger partial charge in [0.2, 0.25) is 0 Å². The molecule has 0 atom stereocenters. The zero-order valence-electron chi connectivity index (χ0n) is 16.1. The Morgan fingerprint density at radius 3 is 2.19 bits per heavy atom. The average molecular weight is 522 g/mol. The molecule has 1 aromatic carbocycles. The van der Waals surface area contributed by atoms with Crippen molar-refractivity contribution in [3.63, 3.8) is 0 Å². The number of aliphatic imine (C=N–C) groups is 1. The van der Waals surface area contributed by atoms with E-state index in [1.165, 1.54) is 11.1 Å². The van der Waals surface area contributed by atoms with Crippen LogP contribution in [0.1, 0.15) is 21.1 Å². The average Bonchev–Trinajstić information content (AvgIpc) is 2.90. The van der Waals surface area contributed by atoms with Gasteiger partial charge in [0.1, 0.15) is 0 Å². The Labute approximate surface area is 182 Å². The van der Waals surface area contributed by atoms with E-state index in [0.29, 0.717) is 4.90 Å².